The van der Waals surface area contributed by atoms with Crippen molar-refractivity contribution in [1.29, 1.82) is 0 Å². The van der Waals surface area contributed by atoms with Crippen molar-refractivity contribution in [2.45, 2.75) is 39.5 Å². The molecule has 1 N–H and O–H groups in total. The van der Waals surface area contributed by atoms with Crippen LogP contribution in [0.15, 0.2) is 48.5 Å². The van der Waals surface area contributed by atoms with E-state index in [1.54, 1.807) is 6.92 Å². The fourth-order valence-corrected chi connectivity index (χ4v) is 2.10. The fraction of sp³-hybridized carbons (Fsp3) is 0.316. The van der Waals surface area contributed by atoms with Crippen LogP contribution in [0.2, 0.25) is 0 Å². The molecule has 1 atom stereocenters. The lowest BCUT2D eigenvalue weighted by molar-refractivity contribution is -0.127. The maximum Gasteiger partial charge on any atom is 0.261 e. The van der Waals surface area contributed by atoms with Crippen molar-refractivity contribution in [1.82, 2.24) is 5.32 Å². The quantitative estimate of drug-likeness (QED) is 0.841. The van der Waals surface area contributed by atoms with E-state index in [0.717, 1.165) is 11.3 Å². The molecule has 0 unspecified atom stereocenters. The SMILES string of the molecule is CC(C)Oc1cccc(CNC(=O)[C@H](C)Oc2ccc(F)cc2)c1. The van der Waals surface area contributed by atoms with Gasteiger partial charge in [-0.15, -0.1) is 0 Å². The van der Waals surface area contributed by atoms with Crippen LogP contribution in [0, 0.1) is 5.82 Å². The average molecular weight is 331 g/mol. The largest absolute Gasteiger partial charge is 0.491 e. The summed E-state index contributed by atoms with van der Waals surface area (Å²) in [5.41, 5.74) is 0.940. The number of hydrogen-bond acceptors (Lipinski definition) is 3. The lowest BCUT2D eigenvalue weighted by Crippen LogP contribution is -2.35. The summed E-state index contributed by atoms with van der Waals surface area (Å²) in [6.45, 7) is 5.95. The molecule has 0 radical (unpaired) electrons. The van der Waals surface area contributed by atoms with Gasteiger partial charge in [0.05, 0.1) is 6.10 Å². The van der Waals surface area contributed by atoms with Crippen LogP contribution in [0.3, 0.4) is 0 Å². The molecule has 2 aromatic carbocycles. The Morgan fingerprint density at radius 3 is 2.42 bits per heavy atom. The van der Waals surface area contributed by atoms with Gasteiger partial charge >= 0.3 is 0 Å². The van der Waals surface area contributed by atoms with E-state index in [1.807, 2.05) is 38.1 Å². The maximum absolute atomic E-state index is 12.9. The minimum atomic E-state index is -0.675. The van der Waals surface area contributed by atoms with E-state index < -0.39 is 6.10 Å². The Morgan fingerprint density at radius 2 is 1.75 bits per heavy atom. The summed E-state index contributed by atoms with van der Waals surface area (Å²) < 4.78 is 24.0. The first-order chi connectivity index (χ1) is 11.4. The number of hydrogen-bond donors (Lipinski definition) is 1. The van der Waals surface area contributed by atoms with Crippen molar-refractivity contribution >= 4 is 5.91 Å². The first-order valence-corrected chi connectivity index (χ1v) is 7.89. The summed E-state index contributed by atoms with van der Waals surface area (Å²) in [5.74, 6) is 0.635. The Hall–Kier alpha value is -2.56. The van der Waals surface area contributed by atoms with Gasteiger partial charge in [0.15, 0.2) is 6.10 Å². The second kappa shape index (κ2) is 8.34. The summed E-state index contributed by atoms with van der Waals surface area (Å²) in [6, 6.07) is 13.1. The molecule has 128 valence electrons. The van der Waals surface area contributed by atoms with Crippen LogP contribution >= 0.6 is 0 Å². The van der Waals surface area contributed by atoms with Crippen LogP contribution in [0.1, 0.15) is 26.3 Å². The molecule has 0 aliphatic carbocycles. The molecular formula is C19H22FNO3. The van der Waals surface area contributed by atoms with Crippen molar-refractivity contribution in [3.8, 4) is 11.5 Å². The number of rotatable bonds is 7. The van der Waals surface area contributed by atoms with E-state index in [4.69, 9.17) is 9.47 Å². The first kappa shape index (κ1) is 17.8. The number of carbonyl (C=O) groups is 1. The molecule has 4 nitrogen and oxygen atoms in total. The zero-order valence-electron chi connectivity index (χ0n) is 14.1. The first-order valence-electron chi connectivity index (χ1n) is 7.89. The third kappa shape index (κ3) is 5.57. The Bertz CT molecular complexity index is 671. The Morgan fingerprint density at radius 1 is 1.04 bits per heavy atom. The summed E-state index contributed by atoms with van der Waals surface area (Å²) in [4.78, 5) is 12.1. The van der Waals surface area contributed by atoms with Gasteiger partial charge in [0.2, 0.25) is 0 Å². The second-order valence-corrected chi connectivity index (χ2v) is 5.75. The molecule has 5 heteroatoms. The molecule has 0 saturated heterocycles. The molecule has 0 aromatic heterocycles. The van der Waals surface area contributed by atoms with Crippen molar-refractivity contribution in [3.63, 3.8) is 0 Å². The zero-order chi connectivity index (χ0) is 17.5. The predicted octanol–water partition coefficient (Wildman–Crippen LogP) is 3.70. The molecule has 0 saturated carbocycles. The number of benzene rings is 2. The third-order valence-electron chi connectivity index (χ3n) is 3.23. The molecule has 0 bridgehead atoms. The van der Waals surface area contributed by atoms with E-state index in [9.17, 15) is 9.18 Å². The van der Waals surface area contributed by atoms with Gasteiger partial charge in [-0.3, -0.25) is 4.79 Å². The van der Waals surface area contributed by atoms with Gasteiger partial charge in [-0.25, -0.2) is 4.39 Å². The molecule has 0 aliphatic rings. The molecular weight excluding hydrogens is 309 g/mol. The Balaban J connectivity index is 1.86. The molecule has 2 rings (SSSR count). The maximum atomic E-state index is 12.9. The van der Waals surface area contributed by atoms with Crippen molar-refractivity contribution in [3.05, 3.63) is 59.9 Å². The van der Waals surface area contributed by atoms with Gasteiger partial charge < -0.3 is 14.8 Å². The van der Waals surface area contributed by atoms with Gasteiger partial charge in [0, 0.05) is 6.54 Å². The molecule has 0 spiro atoms. The lowest BCUT2D eigenvalue weighted by atomic mass is 10.2. The normalized spacial score (nSPS) is 11.9. The van der Waals surface area contributed by atoms with E-state index in [0.29, 0.717) is 12.3 Å². The highest BCUT2D eigenvalue weighted by atomic mass is 19.1. The number of amides is 1. The van der Waals surface area contributed by atoms with Gasteiger partial charge in [0.1, 0.15) is 17.3 Å². The third-order valence-corrected chi connectivity index (χ3v) is 3.23. The molecule has 0 heterocycles. The van der Waals surface area contributed by atoms with E-state index in [2.05, 4.69) is 5.32 Å². The van der Waals surface area contributed by atoms with Crippen LogP contribution < -0.4 is 14.8 Å². The summed E-state index contributed by atoms with van der Waals surface area (Å²) in [6.07, 6.45) is -0.579. The van der Waals surface area contributed by atoms with E-state index >= 15 is 0 Å². The van der Waals surface area contributed by atoms with Gasteiger partial charge in [-0.2, -0.15) is 0 Å². The Kier molecular flexibility index (Phi) is 6.18. The standard InChI is InChI=1S/C19H22FNO3/c1-13(2)23-18-6-4-5-15(11-18)12-21-19(22)14(3)24-17-9-7-16(20)8-10-17/h4-11,13-14H,12H2,1-3H3,(H,21,22)/t14-/m0/s1. The monoisotopic (exact) mass is 331 g/mol. The van der Waals surface area contributed by atoms with Crippen LogP contribution in [-0.2, 0) is 11.3 Å². The Labute approximate surface area is 141 Å². The molecule has 0 fully saturated rings. The van der Waals surface area contributed by atoms with Crippen LogP contribution in [0.4, 0.5) is 4.39 Å². The van der Waals surface area contributed by atoms with Gasteiger partial charge in [-0.1, -0.05) is 12.1 Å². The van der Waals surface area contributed by atoms with Crippen molar-refractivity contribution in [2.24, 2.45) is 0 Å². The fourth-order valence-electron chi connectivity index (χ4n) is 2.10. The minimum absolute atomic E-state index is 0.0963. The summed E-state index contributed by atoms with van der Waals surface area (Å²) in [7, 11) is 0. The molecule has 24 heavy (non-hydrogen) atoms. The van der Waals surface area contributed by atoms with Gasteiger partial charge in [-0.05, 0) is 62.7 Å². The van der Waals surface area contributed by atoms with Gasteiger partial charge in [0.25, 0.3) is 5.91 Å². The minimum Gasteiger partial charge on any atom is -0.491 e. The van der Waals surface area contributed by atoms with Crippen molar-refractivity contribution in [2.75, 3.05) is 0 Å². The number of ether oxygens (including phenoxy) is 2. The smallest absolute Gasteiger partial charge is 0.261 e. The van der Waals surface area contributed by atoms with Crippen molar-refractivity contribution < 1.29 is 18.7 Å². The number of nitrogens with one attached hydrogen (secondary N) is 1. The topological polar surface area (TPSA) is 47.6 Å². The lowest BCUT2D eigenvalue weighted by Gasteiger charge is -2.15. The molecule has 2 aromatic rings. The van der Waals surface area contributed by atoms with E-state index in [-0.39, 0.29) is 17.8 Å². The van der Waals surface area contributed by atoms with E-state index in [1.165, 1.54) is 24.3 Å². The molecule has 1 amide bonds. The zero-order valence-corrected chi connectivity index (χ0v) is 14.1. The van der Waals surface area contributed by atoms with Crippen LogP contribution in [0.25, 0.3) is 0 Å². The predicted molar refractivity (Wildman–Crippen MR) is 90.5 cm³/mol. The number of halogens is 1. The van der Waals surface area contributed by atoms with Crippen LogP contribution in [-0.4, -0.2) is 18.1 Å². The highest BCUT2D eigenvalue weighted by Crippen LogP contribution is 2.15. The van der Waals surface area contributed by atoms with Crippen LogP contribution in [0.5, 0.6) is 11.5 Å². The summed E-state index contributed by atoms with van der Waals surface area (Å²) in [5, 5.41) is 2.82. The summed E-state index contributed by atoms with van der Waals surface area (Å²) >= 11 is 0. The molecule has 0 aliphatic heterocycles. The second-order valence-electron chi connectivity index (χ2n) is 5.75. The highest BCUT2D eigenvalue weighted by Gasteiger charge is 2.14. The average Bonchev–Trinajstić information content (AvgIpc) is 2.54. The highest BCUT2D eigenvalue weighted by molar-refractivity contribution is 5.80. The number of carbonyl (C=O) groups excluding carboxylic acids is 1.